The molecule has 26 heavy (non-hydrogen) atoms. The van der Waals surface area contributed by atoms with Crippen molar-refractivity contribution in [1.29, 1.82) is 0 Å². The van der Waals surface area contributed by atoms with Crippen LogP contribution in [0, 0.1) is 17.5 Å². The number of halogens is 3. The molecule has 0 fully saturated rings. The lowest BCUT2D eigenvalue weighted by Crippen LogP contribution is -2.38. The molecule has 7 heteroatoms. The molecule has 2 aromatic rings. The number of para-hydroxylation sites is 1. The fraction of sp³-hybridized carbons (Fsp3) is 0.263. The number of anilines is 1. The molecule has 0 heterocycles. The van der Waals surface area contributed by atoms with Crippen LogP contribution < -0.4 is 10.2 Å². The topological polar surface area (TPSA) is 49.4 Å². The second-order valence-corrected chi connectivity index (χ2v) is 5.63. The number of hydrogen-bond donors (Lipinski definition) is 1. The van der Waals surface area contributed by atoms with Gasteiger partial charge in [-0.1, -0.05) is 25.1 Å². The normalized spacial score (nSPS) is 10.5. The van der Waals surface area contributed by atoms with E-state index in [2.05, 4.69) is 5.32 Å². The predicted molar refractivity (Wildman–Crippen MR) is 92.5 cm³/mol. The number of carbonyl (C=O) groups is 2. The molecular formula is C19H19F3N2O2. The Kier molecular flexibility index (Phi) is 6.38. The Bertz CT molecular complexity index is 824. The van der Waals surface area contributed by atoms with Gasteiger partial charge in [0.2, 0.25) is 5.91 Å². The Morgan fingerprint density at radius 3 is 2.38 bits per heavy atom. The molecule has 0 aliphatic heterocycles. The third-order valence-electron chi connectivity index (χ3n) is 3.94. The maximum Gasteiger partial charge on any atom is 0.254 e. The van der Waals surface area contributed by atoms with Gasteiger partial charge < -0.3 is 10.2 Å². The van der Waals surface area contributed by atoms with Crippen molar-refractivity contribution >= 4 is 17.5 Å². The fourth-order valence-corrected chi connectivity index (χ4v) is 2.60. The van der Waals surface area contributed by atoms with Gasteiger partial charge >= 0.3 is 0 Å². The molecule has 0 bridgehead atoms. The number of carbonyl (C=O) groups excluding carboxylic acids is 2. The summed E-state index contributed by atoms with van der Waals surface area (Å²) in [5.74, 6) is -5.69. The Morgan fingerprint density at radius 2 is 1.73 bits per heavy atom. The molecule has 0 atom stereocenters. The molecule has 138 valence electrons. The Morgan fingerprint density at radius 1 is 1.04 bits per heavy atom. The van der Waals surface area contributed by atoms with Crippen molar-refractivity contribution < 1.29 is 22.8 Å². The van der Waals surface area contributed by atoms with Crippen LogP contribution >= 0.6 is 0 Å². The SMILES string of the molecule is CCc1ccccc1N(CCNC(=O)c1ccc(F)c(F)c1F)C(C)=O. The summed E-state index contributed by atoms with van der Waals surface area (Å²) in [5, 5.41) is 2.42. The highest BCUT2D eigenvalue weighted by Gasteiger charge is 2.19. The first-order valence-electron chi connectivity index (χ1n) is 8.14. The van der Waals surface area contributed by atoms with Crippen molar-refractivity contribution in [2.45, 2.75) is 20.3 Å². The zero-order valence-corrected chi connectivity index (χ0v) is 14.5. The van der Waals surface area contributed by atoms with Gasteiger partial charge in [0, 0.05) is 25.7 Å². The van der Waals surface area contributed by atoms with E-state index < -0.39 is 28.9 Å². The van der Waals surface area contributed by atoms with Crippen molar-refractivity contribution in [3.8, 4) is 0 Å². The number of aryl methyl sites for hydroxylation is 1. The van der Waals surface area contributed by atoms with E-state index >= 15 is 0 Å². The van der Waals surface area contributed by atoms with Crippen LogP contribution in [0.25, 0.3) is 0 Å². The molecule has 0 aliphatic rings. The molecule has 0 saturated carbocycles. The minimum absolute atomic E-state index is 0.0227. The van der Waals surface area contributed by atoms with Crippen molar-refractivity contribution in [1.82, 2.24) is 5.32 Å². The minimum Gasteiger partial charge on any atom is -0.350 e. The van der Waals surface area contributed by atoms with E-state index in [4.69, 9.17) is 0 Å². The highest BCUT2D eigenvalue weighted by Crippen LogP contribution is 2.21. The Hall–Kier alpha value is -2.83. The maximum absolute atomic E-state index is 13.7. The molecule has 2 rings (SSSR count). The highest BCUT2D eigenvalue weighted by atomic mass is 19.2. The molecule has 0 unspecified atom stereocenters. The van der Waals surface area contributed by atoms with Crippen LogP contribution in [0.3, 0.4) is 0 Å². The van der Waals surface area contributed by atoms with Crippen LogP contribution in [0.1, 0.15) is 29.8 Å². The molecule has 2 amide bonds. The molecule has 4 nitrogen and oxygen atoms in total. The smallest absolute Gasteiger partial charge is 0.254 e. The van der Waals surface area contributed by atoms with Gasteiger partial charge in [0.1, 0.15) is 0 Å². The summed E-state index contributed by atoms with van der Waals surface area (Å²) in [4.78, 5) is 25.5. The summed E-state index contributed by atoms with van der Waals surface area (Å²) in [5.41, 5.74) is 1.11. The van der Waals surface area contributed by atoms with Gasteiger partial charge in [-0.25, -0.2) is 13.2 Å². The van der Waals surface area contributed by atoms with Crippen LogP contribution in [0.15, 0.2) is 36.4 Å². The number of benzene rings is 2. The van der Waals surface area contributed by atoms with Crippen LogP contribution in [-0.2, 0) is 11.2 Å². The average molecular weight is 364 g/mol. The van der Waals surface area contributed by atoms with Crippen LogP contribution in [0.5, 0.6) is 0 Å². The summed E-state index contributed by atoms with van der Waals surface area (Å²) < 4.78 is 39.8. The van der Waals surface area contributed by atoms with Crippen LogP contribution in [-0.4, -0.2) is 24.9 Å². The van der Waals surface area contributed by atoms with Crippen molar-refractivity contribution in [3.63, 3.8) is 0 Å². The van der Waals surface area contributed by atoms with Crippen molar-refractivity contribution in [3.05, 3.63) is 65.0 Å². The third kappa shape index (κ3) is 4.22. The van der Waals surface area contributed by atoms with Gasteiger partial charge in [-0.3, -0.25) is 9.59 Å². The average Bonchev–Trinajstić information content (AvgIpc) is 2.63. The minimum atomic E-state index is -1.69. The zero-order valence-electron chi connectivity index (χ0n) is 14.5. The van der Waals surface area contributed by atoms with E-state index in [1.807, 2.05) is 19.1 Å². The first kappa shape index (κ1) is 19.5. The van der Waals surface area contributed by atoms with Gasteiger partial charge in [-0.15, -0.1) is 0 Å². The first-order chi connectivity index (χ1) is 12.4. The van der Waals surface area contributed by atoms with E-state index in [1.165, 1.54) is 11.8 Å². The second-order valence-electron chi connectivity index (χ2n) is 5.63. The Balaban J connectivity index is 2.08. The van der Waals surface area contributed by atoms with Crippen molar-refractivity contribution in [2.75, 3.05) is 18.0 Å². The van der Waals surface area contributed by atoms with Crippen LogP contribution in [0.2, 0.25) is 0 Å². The first-order valence-corrected chi connectivity index (χ1v) is 8.14. The molecule has 0 spiro atoms. The summed E-state index contributed by atoms with van der Waals surface area (Å²) in [7, 11) is 0. The van der Waals surface area contributed by atoms with Gasteiger partial charge in [-0.05, 0) is 30.2 Å². The number of hydrogen-bond acceptors (Lipinski definition) is 2. The maximum atomic E-state index is 13.7. The van der Waals surface area contributed by atoms with E-state index in [0.717, 1.165) is 23.7 Å². The molecule has 0 radical (unpaired) electrons. The summed E-state index contributed by atoms with van der Waals surface area (Å²) in [6.07, 6.45) is 0.729. The largest absolute Gasteiger partial charge is 0.350 e. The van der Waals surface area contributed by atoms with E-state index in [-0.39, 0.29) is 19.0 Å². The highest BCUT2D eigenvalue weighted by molar-refractivity contribution is 5.95. The quantitative estimate of drug-likeness (QED) is 0.798. The van der Waals surface area contributed by atoms with Crippen LogP contribution in [0.4, 0.5) is 18.9 Å². The molecular weight excluding hydrogens is 345 g/mol. The fourth-order valence-electron chi connectivity index (χ4n) is 2.60. The number of amides is 2. The monoisotopic (exact) mass is 364 g/mol. The third-order valence-corrected chi connectivity index (χ3v) is 3.94. The van der Waals surface area contributed by atoms with Gasteiger partial charge in [-0.2, -0.15) is 0 Å². The van der Waals surface area contributed by atoms with Gasteiger partial charge in [0.05, 0.1) is 5.56 Å². The van der Waals surface area contributed by atoms with E-state index in [0.29, 0.717) is 6.07 Å². The lowest BCUT2D eigenvalue weighted by Gasteiger charge is -2.24. The second kappa shape index (κ2) is 8.51. The molecule has 1 N–H and O–H groups in total. The molecule has 0 saturated heterocycles. The van der Waals surface area contributed by atoms with Crippen molar-refractivity contribution in [2.24, 2.45) is 0 Å². The standard InChI is InChI=1S/C19H19F3N2O2/c1-3-13-6-4-5-7-16(13)24(12(2)25)11-10-23-19(26)14-8-9-15(20)18(22)17(14)21/h4-9H,3,10-11H2,1-2H3,(H,23,26). The van der Waals surface area contributed by atoms with E-state index in [1.54, 1.807) is 12.1 Å². The van der Waals surface area contributed by atoms with E-state index in [9.17, 15) is 22.8 Å². The summed E-state index contributed by atoms with van der Waals surface area (Å²) in [6.45, 7) is 3.55. The predicted octanol–water partition coefficient (Wildman–Crippen LogP) is 3.45. The number of nitrogens with zero attached hydrogens (tertiary/aromatic N) is 1. The number of nitrogens with one attached hydrogen (secondary N) is 1. The van der Waals surface area contributed by atoms with Gasteiger partial charge in [0.15, 0.2) is 17.5 Å². The number of rotatable bonds is 6. The lowest BCUT2D eigenvalue weighted by atomic mass is 10.1. The molecule has 0 aliphatic carbocycles. The zero-order chi connectivity index (χ0) is 19.3. The lowest BCUT2D eigenvalue weighted by molar-refractivity contribution is -0.116. The van der Waals surface area contributed by atoms with Gasteiger partial charge in [0.25, 0.3) is 5.91 Å². The summed E-state index contributed by atoms with van der Waals surface area (Å²) >= 11 is 0. The summed E-state index contributed by atoms with van der Waals surface area (Å²) in [6, 6.07) is 8.94. The molecule has 2 aromatic carbocycles. The molecule has 0 aromatic heterocycles. The Labute approximate surface area is 149 Å².